The molecule has 0 bridgehead atoms. The topological polar surface area (TPSA) is 21.6 Å². The van der Waals surface area contributed by atoms with Gasteiger partial charge in [0.15, 0.2) is 6.10 Å². The van der Waals surface area contributed by atoms with Crippen molar-refractivity contribution < 1.29 is 4.84 Å². The summed E-state index contributed by atoms with van der Waals surface area (Å²) in [4.78, 5) is 5.47. The van der Waals surface area contributed by atoms with E-state index in [1.54, 1.807) is 0 Å². The molecule has 0 saturated carbocycles. The van der Waals surface area contributed by atoms with Crippen LogP contribution in [-0.4, -0.2) is 5.71 Å². The third-order valence-electron chi connectivity index (χ3n) is 2.71. The molecule has 0 spiro atoms. The highest BCUT2D eigenvalue weighted by Gasteiger charge is 2.29. The Morgan fingerprint density at radius 2 is 1.87 bits per heavy atom. The minimum absolute atomic E-state index is 0.112. The van der Waals surface area contributed by atoms with E-state index in [0.717, 1.165) is 12.1 Å². The van der Waals surface area contributed by atoms with Gasteiger partial charge in [0.25, 0.3) is 0 Å². The Labute approximate surface area is 90.9 Å². The van der Waals surface area contributed by atoms with Gasteiger partial charge in [-0.1, -0.05) is 56.3 Å². The first-order chi connectivity index (χ1) is 7.07. The molecule has 1 aromatic carbocycles. The van der Waals surface area contributed by atoms with E-state index in [1.165, 1.54) is 5.56 Å². The Balaban J connectivity index is 2.09. The van der Waals surface area contributed by atoms with E-state index in [4.69, 9.17) is 4.84 Å². The molecular formula is C13H17NO. The maximum atomic E-state index is 5.47. The van der Waals surface area contributed by atoms with Crippen molar-refractivity contribution >= 4 is 5.71 Å². The minimum atomic E-state index is 0.112. The molecule has 1 unspecified atom stereocenters. The Morgan fingerprint density at radius 1 is 1.20 bits per heavy atom. The van der Waals surface area contributed by atoms with Gasteiger partial charge in [0.05, 0.1) is 5.71 Å². The monoisotopic (exact) mass is 203 g/mol. The summed E-state index contributed by atoms with van der Waals surface area (Å²) in [7, 11) is 0. The predicted molar refractivity (Wildman–Crippen MR) is 61.8 cm³/mol. The second-order valence-electron chi connectivity index (χ2n) is 5.00. The fourth-order valence-corrected chi connectivity index (χ4v) is 1.67. The van der Waals surface area contributed by atoms with Crippen LogP contribution in [0.25, 0.3) is 0 Å². The molecule has 1 atom stereocenters. The minimum Gasteiger partial charge on any atom is -0.387 e. The number of oxime groups is 1. The second-order valence-corrected chi connectivity index (χ2v) is 5.00. The van der Waals surface area contributed by atoms with Crippen LogP contribution in [0.5, 0.6) is 0 Å². The van der Waals surface area contributed by atoms with E-state index in [2.05, 4.69) is 38.1 Å². The summed E-state index contributed by atoms with van der Waals surface area (Å²) in [6, 6.07) is 10.3. The molecule has 0 aliphatic carbocycles. The van der Waals surface area contributed by atoms with Crippen LogP contribution in [0, 0.1) is 5.41 Å². The van der Waals surface area contributed by atoms with Crippen molar-refractivity contribution in [1.29, 1.82) is 0 Å². The van der Waals surface area contributed by atoms with Crippen molar-refractivity contribution in [3.05, 3.63) is 35.9 Å². The standard InChI is InChI=1S/C13H17NO/c1-13(2,3)12-9-11(15-14-12)10-7-5-4-6-8-10/h4-8,11H,9H2,1-3H3. The maximum Gasteiger partial charge on any atom is 0.157 e. The van der Waals surface area contributed by atoms with Crippen molar-refractivity contribution in [1.82, 2.24) is 0 Å². The lowest BCUT2D eigenvalue weighted by atomic mass is 9.86. The summed E-state index contributed by atoms with van der Waals surface area (Å²) in [6.07, 6.45) is 1.02. The lowest BCUT2D eigenvalue weighted by molar-refractivity contribution is 0.0856. The molecule has 2 nitrogen and oxygen atoms in total. The molecular weight excluding hydrogens is 186 g/mol. The summed E-state index contributed by atoms with van der Waals surface area (Å²) >= 11 is 0. The second kappa shape index (κ2) is 3.69. The summed E-state index contributed by atoms with van der Waals surface area (Å²) in [5.74, 6) is 0. The van der Waals surface area contributed by atoms with Crippen LogP contribution in [0.2, 0.25) is 0 Å². The van der Waals surface area contributed by atoms with Crippen LogP contribution in [0.3, 0.4) is 0 Å². The molecule has 0 aromatic heterocycles. The first kappa shape index (κ1) is 10.2. The highest BCUT2D eigenvalue weighted by Crippen LogP contribution is 2.33. The van der Waals surface area contributed by atoms with Gasteiger partial charge in [0, 0.05) is 11.8 Å². The van der Waals surface area contributed by atoms with Gasteiger partial charge >= 0.3 is 0 Å². The van der Waals surface area contributed by atoms with Crippen LogP contribution >= 0.6 is 0 Å². The first-order valence-corrected chi connectivity index (χ1v) is 5.35. The fraction of sp³-hybridized carbons (Fsp3) is 0.462. The van der Waals surface area contributed by atoms with E-state index in [9.17, 15) is 0 Å². The zero-order valence-corrected chi connectivity index (χ0v) is 9.53. The maximum absolute atomic E-state index is 5.47. The molecule has 0 saturated heterocycles. The number of benzene rings is 1. The van der Waals surface area contributed by atoms with Gasteiger partial charge < -0.3 is 4.84 Å². The quantitative estimate of drug-likeness (QED) is 0.684. The van der Waals surface area contributed by atoms with Gasteiger partial charge in [0.2, 0.25) is 0 Å². The van der Waals surface area contributed by atoms with Gasteiger partial charge in [-0.05, 0) is 5.56 Å². The Kier molecular flexibility index (Phi) is 2.51. The van der Waals surface area contributed by atoms with Crippen LogP contribution < -0.4 is 0 Å². The summed E-state index contributed by atoms with van der Waals surface area (Å²) in [6.45, 7) is 6.51. The fourth-order valence-electron chi connectivity index (χ4n) is 1.67. The molecule has 80 valence electrons. The molecule has 0 radical (unpaired) electrons. The lowest BCUT2D eigenvalue weighted by Crippen LogP contribution is -2.18. The number of hydrogen-bond acceptors (Lipinski definition) is 2. The lowest BCUT2D eigenvalue weighted by Gasteiger charge is -2.16. The van der Waals surface area contributed by atoms with Crippen molar-refractivity contribution in [2.75, 3.05) is 0 Å². The molecule has 1 aliphatic heterocycles. The normalized spacial score (nSPS) is 21.0. The third-order valence-corrected chi connectivity index (χ3v) is 2.71. The summed E-state index contributed by atoms with van der Waals surface area (Å²) in [5.41, 5.74) is 2.47. The van der Waals surface area contributed by atoms with E-state index >= 15 is 0 Å². The smallest absolute Gasteiger partial charge is 0.157 e. The number of hydrogen-bond donors (Lipinski definition) is 0. The molecule has 2 heteroatoms. The van der Waals surface area contributed by atoms with E-state index in [0.29, 0.717) is 0 Å². The van der Waals surface area contributed by atoms with Gasteiger partial charge in [-0.2, -0.15) is 0 Å². The molecule has 0 fully saturated rings. The van der Waals surface area contributed by atoms with Gasteiger partial charge in [0.1, 0.15) is 0 Å². The SMILES string of the molecule is CC(C)(C)C1=NOC(c2ccccc2)C1. The molecule has 0 N–H and O–H groups in total. The molecule has 15 heavy (non-hydrogen) atoms. The summed E-state index contributed by atoms with van der Waals surface area (Å²) in [5, 5.41) is 4.18. The third kappa shape index (κ3) is 2.20. The van der Waals surface area contributed by atoms with Crippen molar-refractivity contribution in [3.8, 4) is 0 Å². The van der Waals surface area contributed by atoms with Crippen molar-refractivity contribution in [3.63, 3.8) is 0 Å². The Hall–Kier alpha value is -1.31. The van der Waals surface area contributed by atoms with Crippen LogP contribution in [-0.2, 0) is 4.84 Å². The van der Waals surface area contributed by atoms with Crippen LogP contribution in [0.1, 0.15) is 38.9 Å². The van der Waals surface area contributed by atoms with Crippen molar-refractivity contribution in [2.45, 2.75) is 33.3 Å². The Bertz CT molecular complexity index is 362. The van der Waals surface area contributed by atoms with Crippen molar-refractivity contribution in [2.24, 2.45) is 10.6 Å². The van der Waals surface area contributed by atoms with E-state index < -0.39 is 0 Å². The molecule has 1 aromatic rings. The van der Waals surface area contributed by atoms with Gasteiger partial charge in [-0.3, -0.25) is 0 Å². The molecule has 1 heterocycles. The highest BCUT2D eigenvalue weighted by atomic mass is 16.6. The van der Waals surface area contributed by atoms with Crippen LogP contribution in [0.15, 0.2) is 35.5 Å². The zero-order valence-electron chi connectivity index (χ0n) is 9.53. The van der Waals surface area contributed by atoms with E-state index in [-0.39, 0.29) is 11.5 Å². The molecule has 1 aliphatic rings. The molecule has 2 rings (SSSR count). The largest absolute Gasteiger partial charge is 0.387 e. The molecule has 0 amide bonds. The Morgan fingerprint density at radius 3 is 2.40 bits per heavy atom. The van der Waals surface area contributed by atoms with Gasteiger partial charge in [-0.15, -0.1) is 0 Å². The zero-order chi connectivity index (χ0) is 10.9. The first-order valence-electron chi connectivity index (χ1n) is 5.35. The van der Waals surface area contributed by atoms with E-state index in [1.807, 2.05) is 18.2 Å². The average molecular weight is 203 g/mol. The predicted octanol–water partition coefficient (Wildman–Crippen LogP) is 3.55. The van der Waals surface area contributed by atoms with Gasteiger partial charge in [-0.25, -0.2) is 0 Å². The number of nitrogens with zero attached hydrogens (tertiary/aromatic N) is 1. The highest BCUT2D eigenvalue weighted by molar-refractivity contribution is 5.90. The average Bonchev–Trinajstić information content (AvgIpc) is 2.67. The summed E-state index contributed by atoms with van der Waals surface area (Å²) < 4.78 is 0. The van der Waals surface area contributed by atoms with Crippen LogP contribution in [0.4, 0.5) is 0 Å². The number of rotatable bonds is 1.